The first-order valence-corrected chi connectivity index (χ1v) is 6.30. The Hall–Kier alpha value is -1.79. The zero-order chi connectivity index (χ0) is 13.1. The van der Waals surface area contributed by atoms with E-state index in [-0.39, 0.29) is 19.0 Å². The second-order valence-electron chi connectivity index (χ2n) is 4.41. The van der Waals surface area contributed by atoms with E-state index in [1.54, 1.807) is 18.2 Å². The zero-order valence-corrected chi connectivity index (χ0v) is 10.4. The van der Waals surface area contributed by atoms with Crippen LogP contribution in [0.25, 0.3) is 0 Å². The standard InChI is InChI=1S/C13H15NO5/c15-13(14-19-12-3-1-2-6-16-12)9-4-5-10-11(7-9)18-8-17-10/h4-5,7,12H,1-3,6,8H2,(H,14,15)/t12-/m1/s1. The van der Waals surface area contributed by atoms with E-state index < -0.39 is 0 Å². The maximum absolute atomic E-state index is 11.9. The smallest absolute Gasteiger partial charge is 0.275 e. The van der Waals surface area contributed by atoms with E-state index in [4.69, 9.17) is 19.0 Å². The van der Waals surface area contributed by atoms with E-state index in [0.717, 1.165) is 19.3 Å². The van der Waals surface area contributed by atoms with Crippen molar-refractivity contribution in [2.75, 3.05) is 13.4 Å². The Balaban J connectivity index is 1.57. The van der Waals surface area contributed by atoms with Crippen molar-refractivity contribution in [3.8, 4) is 11.5 Å². The summed E-state index contributed by atoms with van der Waals surface area (Å²) in [6.07, 6.45) is 2.52. The Morgan fingerprint density at radius 3 is 3.00 bits per heavy atom. The number of carbonyl (C=O) groups is 1. The number of fused-ring (bicyclic) bond motifs is 1. The highest BCUT2D eigenvalue weighted by Crippen LogP contribution is 2.32. The third-order valence-electron chi connectivity index (χ3n) is 3.06. The summed E-state index contributed by atoms with van der Waals surface area (Å²) in [6.45, 7) is 0.859. The monoisotopic (exact) mass is 265 g/mol. The highest BCUT2D eigenvalue weighted by atomic mass is 16.8. The van der Waals surface area contributed by atoms with Crippen LogP contribution in [0.4, 0.5) is 0 Å². The first-order valence-electron chi connectivity index (χ1n) is 6.30. The lowest BCUT2D eigenvalue weighted by Crippen LogP contribution is -2.33. The zero-order valence-electron chi connectivity index (χ0n) is 10.4. The number of ether oxygens (including phenoxy) is 3. The van der Waals surface area contributed by atoms with Crippen molar-refractivity contribution in [1.82, 2.24) is 5.48 Å². The largest absolute Gasteiger partial charge is 0.454 e. The summed E-state index contributed by atoms with van der Waals surface area (Å²) in [6, 6.07) is 4.99. The molecule has 1 aromatic carbocycles. The summed E-state index contributed by atoms with van der Waals surface area (Å²) in [5.41, 5.74) is 2.86. The van der Waals surface area contributed by atoms with E-state index in [9.17, 15) is 4.79 Å². The molecule has 1 fully saturated rings. The molecule has 6 nitrogen and oxygen atoms in total. The second kappa shape index (κ2) is 5.46. The summed E-state index contributed by atoms with van der Waals surface area (Å²) in [5.74, 6) is 0.891. The second-order valence-corrected chi connectivity index (χ2v) is 4.41. The molecule has 0 unspecified atom stereocenters. The number of amides is 1. The van der Waals surface area contributed by atoms with Gasteiger partial charge in [-0.25, -0.2) is 10.3 Å². The minimum Gasteiger partial charge on any atom is -0.454 e. The van der Waals surface area contributed by atoms with Crippen molar-refractivity contribution in [1.29, 1.82) is 0 Å². The quantitative estimate of drug-likeness (QED) is 0.841. The molecule has 6 heteroatoms. The van der Waals surface area contributed by atoms with Crippen molar-refractivity contribution in [2.24, 2.45) is 0 Å². The summed E-state index contributed by atoms with van der Waals surface area (Å²) in [7, 11) is 0. The van der Waals surface area contributed by atoms with E-state index in [2.05, 4.69) is 5.48 Å². The Morgan fingerprint density at radius 2 is 2.16 bits per heavy atom. The molecule has 19 heavy (non-hydrogen) atoms. The van der Waals surface area contributed by atoms with Gasteiger partial charge in [0, 0.05) is 18.6 Å². The van der Waals surface area contributed by atoms with Crippen LogP contribution in [0.3, 0.4) is 0 Å². The number of rotatable bonds is 3. The van der Waals surface area contributed by atoms with Gasteiger partial charge in [0.25, 0.3) is 5.91 Å². The molecule has 0 saturated carbocycles. The van der Waals surface area contributed by atoms with Crippen molar-refractivity contribution in [2.45, 2.75) is 25.6 Å². The molecule has 2 aliphatic rings. The molecular formula is C13H15NO5. The van der Waals surface area contributed by atoms with E-state index in [0.29, 0.717) is 23.7 Å². The van der Waals surface area contributed by atoms with Crippen molar-refractivity contribution < 1.29 is 23.8 Å². The summed E-state index contributed by atoms with van der Waals surface area (Å²) >= 11 is 0. The Labute approximate surface area is 110 Å². The topological polar surface area (TPSA) is 66.0 Å². The third kappa shape index (κ3) is 2.80. The van der Waals surface area contributed by atoms with Crippen LogP contribution in [-0.2, 0) is 9.57 Å². The van der Waals surface area contributed by atoms with Gasteiger partial charge in [-0.15, -0.1) is 0 Å². The van der Waals surface area contributed by atoms with Crippen LogP contribution in [0.5, 0.6) is 11.5 Å². The molecule has 0 bridgehead atoms. The van der Waals surface area contributed by atoms with Crippen molar-refractivity contribution in [3.05, 3.63) is 23.8 Å². The maximum atomic E-state index is 11.9. The van der Waals surface area contributed by atoms with Gasteiger partial charge in [-0.3, -0.25) is 4.79 Å². The van der Waals surface area contributed by atoms with Crippen LogP contribution >= 0.6 is 0 Å². The molecule has 0 aliphatic carbocycles. The Morgan fingerprint density at radius 1 is 1.26 bits per heavy atom. The van der Waals surface area contributed by atoms with Crippen LogP contribution in [0.1, 0.15) is 29.6 Å². The fraction of sp³-hybridized carbons (Fsp3) is 0.462. The predicted molar refractivity (Wildman–Crippen MR) is 64.7 cm³/mol. The molecule has 0 aromatic heterocycles. The molecule has 0 radical (unpaired) electrons. The molecule has 1 saturated heterocycles. The predicted octanol–water partition coefficient (Wildman–Crippen LogP) is 1.60. The fourth-order valence-electron chi connectivity index (χ4n) is 2.02. The van der Waals surface area contributed by atoms with Gasteiger partial charge in [-0.05, 0) is 31.0 Å². The van der Waals surface area contributed by atoms with Crippen LogP contribution < -0.4 is 15.0 Å². The molecule has 0 spiro atoms. The van der Waals surface area contributed by atoms with E-state index >= 15 is 0 Å². The molecule has 102 valence electrons. The molecule has 1 atom stereocenters. The average molecular weight is 265 g/mol. The van der Waals surface area contributed by atoms with E-state index in [1.807, 2.05) is 0 Å². The lowest BCUT2D eigenvalue weighted by Gasteiger charge is -2.22. The van der Waals surface area contributed by atoms with Crippen LogP contribution in [0.15, 0.2) is 18.2 Å². The van der Waals surface area contributed by atoms with Gasteiger partial charge in [0.1, 0.15) is 0 Å². The minimum atomic E-state index is -0.355. The first kappa shape index (κ1) is 12.3. The highest BCUT2D eigenvalue weighted by molar-refractivity contribution is 5.94. The molecule has 1 amide bonds. The molecule has 2 aliphatic heterocycles. The first-order chi connectivity index (χ1) is 9.33. The number of nitrogens with one attached hydrogen (secondary N) is 1. The Kier molecular flexibility index (Phi) is 3.52. The van der Waals surface area contributed by atoms with Crippen LogP contribution in [0.2, 0.25) is 0 Å². The number of hydroxylamine groups is 1. The van der Waals surface area contributed by atoms with Gasteiger partial charge in [0.05, 0.1) is 0 Å². The van der Waals surface area contributed by atoms with Crippen molar-refractivity contribution >= 4 is 5.91 Å². The van der Waals surface area contributed by atoms with Gasteiger partial charge in [-0.2, -0.15) is 0 Å². The van der Waals surface area contributed by atoms with Crippen LogP contribution in [-0.4, -0.2) is 25.6 Å². The molecule has 2 heterocycles. The minimum absolute atomic E-state index is 0.187. The lowest BCUT2D eigenvalue weighted by atomic mass is 10.2. The third-order valence-corrected chi connectivity index (χ3v) is 3.06. The van der Waals surface area contributed by atoms with Gasteiger partial charge < -0.3 is 14.2 Å². The summed E-state index contributed by atoms with van der Waals surface area (Å²) in [5, 5.41) is 0. The SMILES string of the molecule is O=C(NO[C@@H]1CCCCO1)c1ccc2c(c1)OCO2. The normalized spacial score (nSPS) is 21.2. The van der Waals surface area contributed by atoms with Gasteiger partial charge in [0.15, 0.2) is 17.8 Å². The molecule has 1 aromatic rings. The average Bonchev–Trinajstić information content (AvgIpc) is 2.93. The van der Waals surface area contributed by atoms with Gasteiger partial charge >= 0.3 is 0 Å². The maximum Gasteiger partial charge on any atom is 0.275 e. The molecular weight excluding hydrogens is 250 g/mol. The van der Waals surface area contributed by atoms with E-state index in [1.165, 1.54) is 0 Å². The summed E-state index contributed by atoms with van der Waals surface area (Å²) < 4.78 is 15.8. The van der Waals surface area contributed by atoms with Crippen molar-refractivity contribution in [3.63, 3.8) is 0 Å². The van der Waals surface area contributed by atoms with Crippen LogP contribution in [0, 0.1) is 0 Å². The highest BCUT2D eigenvalue weighted by Gasteiger charge is 2.18. The molecule has 3 rings (SSSR count). The number of carbonyl (C=O) groups excluding carboxylic acids is 1. The number of hydrogen-bond donors (Lipinski definition) is 1. The van der Waals surface area contributed by atoms with Gasteiger partial charge in [0.2, 0.25) is 6.79 Å². The number of hydrogen-bond acceptors (Lipinski definition) is 5. The fourth-order valence-corrected chi connectivity index (χ4v) is 2.02. The van der Waals surface area contributed by atoms with Gasteiger partial charge in [-0.1, -0.05) is 0 Å². The Bertz CT molecular complexity index is 470. The molecule has 1 N–H and O–H groups in total. The number of benzene rings is 1. The lowest BCUT2D eigenvalue weighted by molar-refractivity contribution is -0.186. The summed E-state index contributed by atoms with van der Waals surface area (Å²) in [4.78, 5) is 17.1.